The number of halogens is 1. The van der Waals surface area contributed by atoms with E-state index in [1.165, 1.54) is 12.0 Å². The highest BCUT2D eigenvalue weighted by Gasteiger charge is 2.31. The van der Waals surface area contributed by atoms with E-state index in [-0.39, 0.29) is 0 Å². The van der Waals surface area contributed by atoms with Crippen LogP contribution in [0.1, 0.15) is 36.5 Å². The molecule has 0 aliphatic carbocycles. The molecule has 0 radical (unpaired) electrons. The normalized spacial score (nSPS) is 21.9. The van der Waals surface area contributed by atoms with E-state index in [1.54, 1.807) is 0 Å². The Balaban J connectivity index is 1.41. The van der Waals surface area contributed by atoms with Gasteiger partial charge in [0.25, 0.3) is 0 Å². The van der Waals surface area contributed by atoms with Crippen molar-refractivity contribution in [3.8, 4) is 11.9 Å². The van der Waals surface area contributed by atoms with Crippen LogP contribution < -0.4 is 19.9 Å². The highest BCUT2D eigenvalue weighted by molar-refractivity contribution is 6.36. The lowest BCUT2D eigenvalue weighted by atomic mass is 9.94. The molecule has 0 bridgehead atoms. The number of anilines is 2. The molecule has 2 aromatic carbocycles. The predicted octanol–water partition coefficient (Wildman–Crippen LogP) is 4.59. The van der Waals surface area contributed by atoms with Gasteiger partial charge in [0.15, 0.2) is 0 Å². The minimum atomic E-state index is 0.358. The number of likely N-dealkylation sites (N-methyl/N-ethyl adjacent to an activating group) is 1. The number of nitrogens with one attached hydrogen (secondary N) is 1. The van der Waals surface area contributed by atoms with Gasteiger partial charge in [0.1, 0.15) is 24.1 Å². The standard InChI is InChI=1S/C30H35ClN6O/c1-20-17-37(15-12-33-20)29-23-11-14-36(27-10-4-7-21-6-3-9-26(31)28(21)27)18-25(23)24(16-32)30(34-29)38-19-22-8-5-13-35(22)2/h3-4,6-7,9-10,20,22,33H,5,8,11-15,17-19H2,1-2H3/t20?,22-/m0/s1. The predicted molar refractivity (Wildman–Crippen MR) is 153 cm³/mol. The second-order valence-electron chi connectivity index (χ2n) is 10.9. The van der Waals surface area contributed by atoms with Gasteiger partial charge in [-0.15, -0.1) is 0 Å². The first-order chi connectivity index (χ1) is 18.5. The maximum Gasteiger partial charge on any atom is 0.234 e. The Morgan fingerprint density at radius 1 is 1.13 bits per heavy atom. The van der Waals surface area contributed by atoms with Crippen molar-refractivity contribution in [3.63, 3.8) is 0 Å². The Labute approximate surface area is 229 Å². The molecule has 1 N–H and O–H groups in total. The van der Waals surface area contributed by atoms with Crippen LogP contribution in [0.4, 0.5) is 11.5 Å². The molecule has 7 nitrogen and oxygen atoms in total. The van der Waals surface area contributed by atoms with Crippen molar-refractivity contribution in [1.29, 1.82) is 5.26 Å². The second kappa shape index (κ2) is 10.6. The van der Waals surface area contributed by atoms with Gasteiger partial charge < -0.3 is 24.8 Å². The molecule has 0 spiro atoms. The van der Waals surface area contributed by atoms with Crippen LogP contribution in [-0.2, 0) is 13.0 Å². The average Bonchev–Trinajstić information content (AvgIpc) is 3.35. The molecule has 3 aliphatic heterocycles. The second-order valence-corrected chi connectivity index (χ2v) is 11.3. The van der Waals surface area contributed by atoms with Crippen LogP contribution in [0, 0.1) is 11.3 Å². The van der Waals surface area contributed by atoms with Crippen molar-refractivity contribution in [3.05, 3.63) is 58.1 Å². The van der Waals surface area contributed by atoms with Gasteiger partial charge >= 0.3 is 0 Å². The number of aromatic nitrogens is 1. The number of pyridine rings is 1. The molecule has 198 valence electrons. The zero-order chi connectivity index (χ0) is 26.2. The van der Waals surface area contributed by atoms with Gasteiger partial charge in [-0.3, -0.25) is 0 Å². The summed E-state index contributed by atoms with van der Waals surface area (Å²) in [5, 5.41) is 16.9. The Kier molecular flexibility index (Phi) is 7.05. The van der Waals surface area contributed by atoms with E-state index in [1.807, 2.05) is 12.1 Å². The SMILES string of the molecule is CC1CN(c2nc(OC[C@@H]3CCCN3C)c(C#N)c3c2CCN(c2cccc4cccc(Cl)c24)C3)CCN1. The number of rotatable bonds is 5. The number of ether oxygens (including phenoxy) is 1. The summed E-state index contributed by atoms with van der Waals surface area (Å²) in [6, 6.07) is 15.6. The summed E-state index contributed by atoms with van der Waals surface area (Å²) >= 11 is 6.70. The van der Waals surface area contributed by atoms with Crippen molar-refractivity contribution in [2.75, 3.05) is 56.2 Å². The zero-order valence-electron chi connectivity index (χ0n) is 22.2. The van der Waals surface area contributed by atoms with Gasteiger partial charge in [-0.25, -0.2) is 0 Å². The topological polar surface area (TPSA) is 67.7 Å². The lowest BCUT2D eigenvalue weighted by Gasteiger charge is -2.38. The molecule has 6 rings (SSSR count). The number of fused-ring (bicyclic) bond motifs is 2. The first-order valence-corrected chi connectivity index (χ1v) is 14.1. The third kappa shape index (κ3) is 4.66. The molecule has 2 atom stereocenters. The first-order valence-electron chi connectivity index (χ1n) is 13.7. The van der Waals surface area contributed by atoms with Gasteiger partial charge in [0.05, 0.1) is 5.02 Å². The molecular weight excluding hydrogens is 496 g/mol. The molecule has 0 saturated carbocycles. The zero-order valence-corrected chi connectivity index (χ0v) is 23.0. The van der Waals surface area contributed by atoms with E-state index in [4.69, 9.17) is 21.3 Å². The minimum absolute atomic E-state index is 0.358. The Bertz CT molecular complexity index is 1380. The molecule has 2 saturated heterocycles. The summed E-state index contributed by atoms with van der Waals surface area (Å²) in [6.45, 7) is 8.01. The lowest BCUT2D eigenvalue weighted by molar-refractivity contribution is 0.192. The maximum atomic E-state index is 10.4. The summed E-state index contributed by atoms with van der Waals surface area (Å²) in [5.74, 6) is 1.46. The van der Waals surface area contributed by atoms with E-state index in [9.17, 15) is 5.26 Å². The van der Waals surface area contributed by atoms with Crippen LogP contribution in [0.15, 0.2) is 36.4 Å². The number of hydrogen-bond acceptors (Lipinski definition) is 7. The van der Waals surface area contributed by atoms with Gasteiger partial charge in [0.2, 0.25) is 5.88 Å². The smallest absolute Gasteiger partial charge is 0.234 e. The van der Waals surface area contributed by atoms with E-state index in [2.05, 4.69) is 64.3 Å². The fourth-order valence-electron chi connectivity index (χ4n) is 6.30. The van der Waals surface area contributed by atoms with Gasteiger partial charge in [-0.2, -0.15) is 10.2 Å². The number of nitrogens with zero attached hydrogens (tertiary/aromatic N) is 5. The maximum absolute atomic E-state index is 10.4. The number of nitriles is 1. The van der Waals surface area contributed by atoms with Crippen LogP contribution >= 0.6 is 11.6 Å². The monoisotopic (exact) mass is 530 g/mol. The summed E-state index contributed by atoms with van der Waals surface area (Å²) < 4.78 is 6.38. The molecule has 4 heterocycles. The molecule has 38 heavy (non-hydrogen) atoms. The van der Waals surface area contributed by atoms with Crippen LogP contribution in [0.2, 0.25) is 5.02 Å². The third-order valence-electron chi connectivity index (χ3n) is 8.37. The van der Waals surface area contributed by atoms with Crippen molar-refractivity contribution < 1.29 is 4.74 Å². The number of hydrogen-bond donors (Lipinski definition) is 1. The highest BCUT2D eigenvalue weighted by Crippen LogP contribution is 2.39. The summed E-state index contributed by atoms with van der Waals surface area (Å²) in [7, 11) is 2.15. The third-order valence-corrected chi connectivity index (χ3v) is 8.69. The molecule has 3 aliphatic rings. The van der Waals surface area contributed by atoms with Crippen LogP contribution in [0.5, 0.6) is 5.88 Å². The molecule has 1 unspecified atom stereocenters. The largest absolute Gasteiger partial charge is 0.475 e. The van der Waals surface area contributed by atoms with Crippen molar-refractivity contribution >= 4 is 33.9 Å². The first kappa shape index (κ1) is 25.2. The van der Waals surface area contributed by atoms with Crippen molar-refractivity contribution in [1.82, 2.24) is 15.2 Å². The Morgan fingerprint density at radius 2 is 1.97 bits per heavy atom. The van der Waals surface area contributed by atoms with E-state index < -0.39 is 0 Å². The number of piperazine rings is 1. The Morgan fingerprint density at radius 3 is 2.74 bits per heavy atom. The molecule has 0 amide bonds. The van der Waals surface area contributed by atoms with Crippen LogP contribution in [0.3, 0.4) is 0 Å². The number of benzene rings is 2. The molecule has 2 fully saturated rings. The van der Waals surface area contributed by atoms with E-state index >= 15 is 0 Å². The van der Waals surface area contributed by atoms with Gasteiger partial charge in [-0.1, -0.05) is 35.9 Å². The van der Waals surface area contributed by atoms with Crippen molar-refractivity contribution in [2.24, 2.45) is 0 Å². The fourth-order valence-corrected chi connectivity index (χ4v) is 6.58. The molecular formula is C30H35ClN6O. The van der Waals surface area contributed by atoms with Crippen LogP contribution in [0.25, 0.3) is 10.8 Å². The number of likely N-dealkylation sites (tertiary alicyclic amines) is 1. The molecule has 8 heteroatoms. The quantitative estimate of drug-likeness (QED) is 0.517. The lowest BCUT2D eigenvalue weighted by Crippen LogP contribution is -2.50. The minimum Gasteiger partial charge on any atom is -0.475 e. The summed E-state index contributed by atoms with van der Waals surface area (Å²) in [5.41, 5.74) is 3.90. The van der Waals surface area contributed by atoms with Crippen LogP contribution in [-0.4, -0.2) is 68.3 Å². The van der Waals surface area contributed by atoms with Gasteiger partial charge in [-0.05, 0) is 57.3 Å². The average molecular weight is 531 g/mol. The summed E-state index contributed by atoms with van der Waals surface area (Å²) in [6.07, 6.45) is 3.11. The van der Waals surface area contributed by atoms with E-state index in [0.29, 0.717) is 36.7 Å². The van der Waals surface area contributed by atoms with Gasteiger partial charge in [0, 0.05) is 67.0 Å². The Hall–Kier alpha value is -3.05. The fraction of sp³-hybridized carbons (Fsp3) is 0.467. The van der Waals surface area contributed by atoms with E-state index in [0.717, 1.165) is 78.4 Å². The summed E-state index contributed by atoms with van der Waals surface area (Å²) in [4.78, 5) is 12.1. The molecule has 3 aromatic rings. The molecule has 1 aromatic heterocycles. The highest BCUT2D eigenvalue weighted by atomic mass is 35.5. The van der Waals surface area contributed by atoms with Crippen molar-refractivity contribution in [2.45, 2.75) is 44.8 Å².